The van der Waals surface area contributed by atoms with Crippen molar-refractivity contribution in [1.82, 2.24) is 5.32 Å². The van der Waals surface area contributed by atoms with E-state index in [1.54, 1.807) is 20.3 Å². The quantitative estimate of drug-likeness (QED) is 0.849. The van der Waals surface area contributed by atoms with Crippen LogP contribution in [0.5, 0.6) is 17.2 Å². The lowest BCUT2D eigenvalue weighted by Gasteiger charge is -2.10. The van der Waals surface area contributed by atoms with Crippen molar-refractivity contribution < 1.29 is 14.6 Å². The zero-order chi connectivity index (χ0) is 14.4. The first-order valence-corrected chi connectivity index (χ1v) is 6.43. The number of ether oxygens (including phenoxy) is 2. The number of hydrogen-bond acceptors (Lipinski definition) is 4. The first-order valence-electron chi connectivity index (χ1n) is 6.43. The summed E-state index contributed by atoms with van der Waals surface area (Å²) in [6.45, 7) is 1.30. The van der Waals surface area contributed by atoms with Crippen molar-refractivity contribution in [3.05, 3.63) is 53.6 Å². The van der Waals surface area contributed by atoms with Crippen molar-refractivity contribution >= 4 is 0 Å². The smallest absolute Gasteiger partial charge is 0.161 e. The highest BCUT2D eigenvalue weighted by atomic mass is 16.5. The number of hydrogen-bond donors (Lipinski definition) is 2. The van der Waals surface area contributed by atoms with Gasteiger partial charge < -0.3 is 19.9 Å². The fourth-order valence-electron chi connectivity index (χ4n) is 1.99. The van der Waals surface area contributed by atoms with E-state index in [2.05, 4.69) is 5.32 Å². The van der Waals surface area contributed by atoms with Crippen LogP contribution in [0.25, 0.3) is 0 Å². The van der Waals surface area contributed by atoms with E-state index < -0.39 is 0 Å². The monoisotopic (exact) mass is 273 g/mol. The van der Waals surface area contributed by atoms with Crippen LogP contribution in [0.4, 0.5) is 0 Å². The molecule has 0 heterocycles. The van der Waals surface area contributed by atoms with Gasteiger partial charge in [0.05, 0.1) is 14.2 Å². The number of aromatic hydroxyl groups is 1. The number of nitrogens with one attached hydrogen (secondary N) is 1. The van der Waals surface area contributed by atoms with Gasteiger partial charge in [0.25, 0.3) is 0 Å². The van der Waals surface area contributed by atoms with E-state index in [1.807, 2.05) is 36.4 Å². The van der Waals surface area contributed by atoms with E-state index in [-0.39, 0.29) is 0 Å². The molecule has 0 saturated heterocycles. The summed E-state index contributed by atoms with van der Waals surface area (Å²) in [5.74, 6) is 1.75. The van der Waals surface area contributed by atoms with Crippen LogP contribution in [-0.4, -0.2) is 19.3 Å². The van der Waals surface area contributed by atoms with Crippen LogP contribution in [-0.2, 0) is 13.1 Å². The van der Waals surface area contributed by atoms with Crippen molar-refractivity contribution in [1.29, 1.82) is 0 Å². The average Bonchev–Trinajstić information content (AvgIpc) is 2.49. The molecule has 0 aliphatic heterocycles. The maximum atomic E-state index is 9.68. The molecule has 0 aliphatic carbocycles. The lowest BCUT2D eigenvalue weighted by Crippen LogP contribution is -2.12. The minimum absolute atomic E-state index is 0.312. The van der Waals surface area contributed by atoms with Gasteiger partial charge in [0.2, 0.25) is 0 Å². The number of benzene rings is 2. The van der Waals surface area contributed by atoms with Gasteiger partial charge in [-0.25, -0.2) is 0 Å². The molecule has 0 radical (unpaired) electrons. The molecule has 20 heavy (non-hydrogen) atoms. The fourth-order valence-corrected chi connectivity index (χ4v) is 1.99. The van der Waals surface area contributed by atoms with E-state index >= 15 is 0 Å². The molecule has 0 bridgehead atoms. The first-order chi connectivity index (χ1) is 9.74. The summed E-state index contributed by atoms with van der Waals surface area (Å²) in [6, 6.07) is 13.1. The summed E-state index contributed by atoms with van der Waals surface area (Å²) < 4.78 is 10.5. The zero-order valence-corrected chi connectivity index (χ0v) is 11.7. The van der Waals surface area contributed by atoms with Crippen LogP contribution in [0.1, 0.15) is 11.1 Å². The van der Waals surface area contributed by atoms with Crippen LogP contribution in [0.2, 0.25) is 0 Å². The number of phenols is 1. The largest absolute Gasteiger partial charge is 0.508 e. The summed E-state index contributed by atoms with van der Waals surface area (Å²) in [7, 11) is 3.24. The average molecular weight is 273 g/mol. The van der Waals surface area contributed by atoms with E-state index in [1.165, 1.54) is 0 Å². The molecular weight excluding hydrogens is 254 g/mol. The number of methoxy groups -OCH3 is 2. The van der Waals surface area contributed by atoms with E-state index in [4.69, 9.17) is 9.47 Å². The van der Waals surface area contributed by atoms with Gasteiger partial charge >= 0.3 is 0 Å². The molecule has 2 N–H and O–H groups in total. The van der Waals surface area contributed by atoms with Crippen molar-refractivity contribution in [2.75, 3.05) is 14.2 Å². The lowest BCUT2D eigenvalue weighted by molar-refractivity contribution is 0.354. The topological polar surface area (TPSA) is 50.7 Å². The van der Waals surface area contributed by atoms with Gasteiger partial charge in [0.15, 0.2) is 11.5 Å². The van der Waals surface area contributed by atoms with E-state index in [0.717, 1.165) is 16.9 Å². The van der Waals surface area contributed by atoms with Gasteiger partial charge in [-0.05, 0) is 23.8 Å². The Kier molecular flexibility index (Phi) is 4.85. The maximum Gasteiger partial charge on any atom is 0.161 e. The molecule has 0 aliphatic rings. The number of rotatable bonds is 6. The molecule has 4 nitrogen and oxygen atoms in total. The molecule has 0 unspecified atom stereocenters. The first kappa shape index (κ1) is 14.2. The predicted molar refractivity (Wildman–Crippen MR) is 78.2 cm³/mol. The van der Waals surface area contributed by atoms with Crippen LogP contribution in [0.15, 0.2) is 42.5 Å². The zero-order valence-electron chi connectivity index (χ0n) is 11.7. The summed E-state index contributed by atoms with van der Waals surface area (Å²) in [6.07, 6.45) is 0. The Morgan fingerprint density at radius 3 is 2.40 bits per heavy atom. The van der Waals surface area contributed by atoms with Crippen molar-refractivity contribution in [3.63, 3.8) is 0 Å². The SMILES string of the molecule is COc1ccc(CNCc2ccccc2O)cc1OC. The molecule has 4 heteroatoms. The second-order valence-electron chi connectivity index (χ2n) is 4.42. The minimum atomic E-state index is 0.312. The molecule has 0 atom stereocenters. The standard InChI is InChI=1S/C16H19NO3/c1-19-15-8-7-12(9-16(15)20-2)10-17-11-13-5-3-4-6-14(13)18/h3-9,17-18H,10-11H2,1-2H3. The Bertz CT molecular complexity index is 569. The Morgan fingerprint density at radius 2 is 1.70 bits per heavy atom. The second kappa shape index (κ2) is 6.82. The van der Waals surface area contributed by atoms with Crippen LogP contribution < -0.4 is 14.8 Å². The molecule has 2 rings (SSSR count). The highest BCUT2D eigenvalue weighted by molar-refractivity contribution is 5.42. The van der Waals surface area contributed by atoms with Crippen LogP contribution in [0, 0.1) is 0 Å². The highest BCUT2D eigenvalue weighted by Crippen LogP contribution is 2.27. The molecule has 0 saturated carbocycles. The van der Waals surface area contributed by atoms with Crippen molar-refractivity contribution in [3.8, 4) is 17.2 Å². The van der Waals surface area contributed by atoms with E-state index in [0.29, 0.717) is 24.6 Å². The molecule has 2 aromatic rings. The highest BCUT2D eigenvalue weighted by Gasteiger charge is 2.04. The summed E-state index contributed by atoms with van der Waals surface area (Å²) in [5.41, 5.74) is 1.98. The summed E-state index contributed by atoms with van der Waals surface area (Å²) in [5, 5.41) is 13.0. The van der Waals surface area contributed by atoms with Crippen molar-refractivity contribution in [2.45, 2.75) is 13.1 Å². The molecule has 0 fully saturated rings. The van der Waals surface area contributed by atoms with E-state index in [9.17, 15) is 5.11 Å². The van der Waals surface area contributed by atoms with Crippen molar-refractivity contribution in [2.24, 2.45) is 0 Å². The molecular formula is C16H19NO3. The Balaban J connectivity index is 1.96. The van der Waals surface area contributed by atoms with Crippen LogP contribution >= 0.6 is 0 Å². The molecule has 2 aromatic carbocycles. The van der Waals surface area contributed by atoms with Gasteiger partial charge in [-0.2, -0.15) is 0 Å². The van der Waals surface area contributed by atoms with Crippen LogP contribution in [0.3, 0.4) is 0 Å². The van der Waals surface area contributed by atoms with Gasteiger partial charge in [0.1, 0.15) is 5.75 Å². The molecule has 106 valence electrons. The summed E-state index contributed by atoms with van der Waals surface area (Å²) in [4.78, 5) is 0. The second-order valence-corrected chi connectivity index (χ2v) is 4.42. The third-order valence-corrected chi connectivity index (χ3v) is 3.08. The van der Waals surface area contributed by atoms with Gasteiger partial charge in [-0.3, -0.25) is 0 Å². The Hall–Kier alpha value is -2.20. The minimum Gasteiger partial charge on any atom is -0.508 e. The Morgan fingerprint density at radius 1 is 0.950 bits per heavy atom. The number of phenolic OH excluding ortho intramolecular Hbond substituents is 1. The maximum absolute atomic E-state index is 9.68. The number of para-hydroxylation sites is 1. The lowest BCUT2D eigenvalue weighted by atomic mass is 10.1. The van der Waals surface area contributed by atoms with Gasteiger partial charge in [0, 0.05) is 18.7 Å². The third kappa shape index (κ3) is 3.42. The van der Waals surface area contributed by atoms with Gasteiger partial charge in [-0.15, -0.1) is 0 Å². The Labute approximate surface area is 119 Å². The summed E-state index contributed by atoms with van der Waals surface area (Å²) >= 11 is 0. The third-order valence-electron chi connectivity index (χ3n) is 3.08. The normalized spacial score (nSPS) is 10.3. The molecule has 0 spiro atoms. The predicted octanol–water partition coefficient (Wildman–Crippen LogP) is 2.70. The fraction of sp³-hybridized carbons (Fsp3) is 0.250. The molecule has 0 aromatic heterocycles. The molecule has 0 amide bonds. The van der Waals surface area contributed by atoms with Gasteiger partial charge in [-0.1, -0.05) is 24.3 Å².